The quantitative estimate of drug-likeness (QED) is 0.767. The van der Waals surface area contributed by atoms with Crippen molar-refractivity contribution in [1.82, 2.24) is 10.3 Å². The molecule has 1 amide bonds. The second-order valence-corrected chi connectivity index (χ2v) is 6.36. The van der Waals surface area contributed by atoms with Gasteiger partial charge < -0.3 is 19.8 Å². The van der Waals surface area contributed by atoms with Gasteiger partial charge in [-0.1, -0.05) is 19.8 Å². The molecule has 1 saturated carbocycles. The predicted octanol–water partition coefficient (Wildman–Crippen LogP) is 2.28. The molecule has 1 atom stereocenters. The van der Waals surface area contributed by atoms with E-state index in [-0.39, 0.29) is 17.6 Å². The Morgan fingerprint density at radius 1 is 1.24 bits per heavy atom. The Morgan fingerprint density at radius 3 is 2.44 bits per heavy atom. The number of nitrogens with one attached hydrogen (secondary N) is 2. The summed E-state index contributed by atoms with van der Waals surface area (Å²) >= 11 is 0. The molecule has 2 rings (SSSR count). The van der Waals surface area contributed by atoms with Crippen molar-refractivity contribution in [2.45, 2.75) is 65.0 Å². The number of aromatic amines is 1. The second-order valence-electron chi connectivity index (χ2n) is 6.36. The number of carbonyl (C=O) groups excluding carboxylic acids is 3. The fourth-order valence-corrected chi connectivity index (χ4v) is 3.17. The fraction of sp³-hybridized carbons (Fsp3) is 0.611. The highest BCUT2D eigenvalue weighted by Crippen LogP contribution is 2.22. The van der Waals surface area contributed by atoms with Crippen molar-refractivity contribution >= 4 is 17.8 Å². The minimum absolute atomic E-state index is 0.165. The zero-order valence-electron chi connectivity index (χ0n) is 15.2. The summed E-state index contributed by atoms with van der Waals surface area (Å²) < 4.78 is 10.1. The molecule has 1 aromatic heterocycles. The largest absolute Gasteiger partial charge is 0.465 e. The molecule has 1 fully saturated rings. The Morgan fingerprint density at radius 2 is 1.88 bits per heavy atom. The molecule has 0 unspecified atom stereocenters. The van der Waals surface area contributed by atoms with Crippen LogP contribution in [0.3, 0.4) is 0 Å². The molecule has 1 aliphatic rings. The van der Waals surface area contributed by atoms with E-state index in [1.54, 1.807) is 13.8 Å². The third kappa shape index (κ3) is 4.21. The first kappa shape index (κ1) is 19.0. The van der Waals surface area contributed by atoms with E-state index in [2.05, 4.69) is 10.3 Å². The molecule has 0 bridgehead atoms. The summed E-state index contributed by atoms with van der Waals surface area (Å²) in [5, 5.41) is 2.90. The van der Waals surface area contributed by atoms with E-state index in [4.69, 9.17) is 9.47 Å². The van der Waals surface area contributed by atoms with Crippen LogP contribution in [0.4, 0.5) is 0 Å². The number of hydrogen-bond donors (Lipinski definition) is 2. The van der Waals surface area contributed by atoms with Crippen molar-refractivity contribution in [2.24, 2.45) is 0 Å². The minimum atomic E-state index is -0.901. The van der Waals surface area contributed by atoms with Gasteiger partial charge in [0.2, 0.25) is 0 Å². The molecule has 0 aromatic carbocycles. The van der Waals surface area contributed by atoms with Crippen LogP contribution in [0.1, 0.15) is 71.6 Å². The van der Waals surface area contributed by atoms with Crippen LogP contribution >= 0.6 is 0 Å². The van der Waals surface area contributed by atoms with Crippen molar-refractivity contribution in [2.75, 3.05) is 7.11 Å². The van der Waals surface area contributed by atoms with Gasteiger partial charge in [-0.25, -0.2) is 9.59 Å². The fourth-order valence-electron chi connectivity index (χ4n) is 3.17. The van der Waals surface area contributed by atoms with E-state index in [0.717, 1.165) is 25.7 Å². The van der Waals surface area contributed by atoms with Crippen molar-refractivity contribution in [3.8, 4) is 0 Å². The normalized spacial score (nSPS) is 15.7. The molecule has 0 radical (unpaired) electrons. The van der Waals surface area contributed by atoms with Crippen LogP contribution in [0.25, 0.3) is 0 Å². The van der Waals surface area contributed by atoms with E-state index < -0.39 is 18.0 Å². The van der Waals surface area contributed by atoms with Crippen LogP contribution in [0.2, 0.25) is 0 Å². The maximum Gasteiger partial charge on any atom is 0.355 e. The molecular formula is C18H26N2O5. The van der Waals surface area contributed by atoms with E-state index in [0.29, 0.717) is 23.2 Å². The minimum Gasteiger partial charge on any atom is -0.465 e. The molecule has 0 spiro atoms. The number of H-pyrrole nitrogens is 1. The molecule has 0 saturated heterocycles. The smallest absolute Gasteiger partial charge is 0.355 e. The number of hydrogen-bond acceptors (Lipinski definition) is 5. The summed E-state index contributed by atoms with van der Waals surface area (Å²) in [6.45, 7) is 5.06. The summed E-state index contributed by atoms with van der Waals surface area (Å²) in [6, 6.07) is 0.165. The number of methoxy groups -OCH3 is 1. The Balaban J connectivity index is 2.08. The molecule has 1 aliphatic carbocycles. The third-order valence-corrected chi connectivity index (χ3v) is 4.63. The number of ether oxygens (including phenoxy) is 2. The first-order valence-electron chi connectivity index (χ1n) is 8.70. The first-order chi connectivity index (χ1) is 11.9. The van der Waals surface area contributed by atoms with Gasteiger partial charge in [-0.05, 0) is 38.7 Å². The Labute approximate surface area is 147 Å². The van der Waals surface area contributed by atoms with Crippen molar-refractivity contribution in [3.05, 3.63) is 22.5 Å². The van der Waals surface area contributed by atoms with E-state index in [9.17, 15) is 14.4 Å². The predicted molar refractivity (Wildman–Crippen MR) is 91.5 cm³/mol. The van der Waals surface area contributed by atoms with Gasteiger partial charge in [0.25, 0.3) is 5.91 Å². The van der Waals surface area contributed by atoms with E-state index in [1.165, 1.54) is 7.11 Å². The number of esters is 2. The van der Waals surface area contributed by atoms with Crippen molar-refractivity contribution in [3.63, 3.8) is 0 Å². The second kappa shape index (κ2) is 8.18. The molecule has 0 aliphatic heterocycles. The van der Waals surface area contributed by atoms with Gasteiger partial charge in [0.1, 0.15) is 5.69 Å². The average molecular weight is 350 g/mol. The van der Waals surface area contributed by atoms with Crippen LogP contribution in [-0.4, -0.2) is 42.1 Å². The lowest BCUT2D eigenvalue weighted by Crippen LogP contribution is -2.41. The average Bonchev–Trinajstić information content (AvgIpc) is 3.21. The van der Waals surface area contributed by atoms with E-state index in [1.807, 2.05) is 6.92 Å². The first-order valence-corrected chi connectivity index (χ1v) is 8.70. The molecule has 138 valence electrons. The molecular weight excluding hydrogens is 324 g/mol. The lowest BCUT2D eigenvalue weighted by atomic mass is 10.1. The monoisotopic (exact) mass is 350 g/mol. The highest BCUT2D eigenvalue weighted by Gasteiger charge is 2.28. The summed E-state index contributed by atoms with van der Waals surface area (Å²) in [4.78, 5) is 39.4. The molecule has 7 heteroatoms. The van der Waals surface area contributed by atoms with Crippen LogP contribution in [0.15, 0.2) is 0 Å². The van der Waals surface area contributed by atoms with Crippen LogP contribution in [0.5, 0.6) is 0 Å². The molecule has 7 nitrogen and oxygen atoms in total. The maximum atomic E-state index is 12.4. The maximum absolute atomic E-state index is 12.4. The zero-order valence-corrected chi connectivity index (χ0v) is 15.2. The summed E-state index contributed by atoms with van der Waals surface area (Å²) in [5.41, 5.74) is 1.61. The summed E-state index contributed by atoms with van der Waals surface area (Å²) in [5.74, 6) is -1.46. The van der Waals surface area contributed by atoms with Crippen LogP contribution < -0.4 is 5.32 Å². The number of amides is 1. The molecule has 1 aromatic rings. The Bertz CT molecular complexity index is 659. The number of rotatable bonds is 6. The molecule has 1 heterocycles. The van der Waals surface area contributed by atoms with Gasteiger partial charge in [0.05, 0.1) is 12.7 Å². The number of aryl methyl sites for hydroxylation is 1. The summed E-state index contributed by atoms with van der Waals surface area (Å²) in [6.07, 6.45) is 3.78. The highest BCUT2D eigenvalue weighted by atomic mass is 16.5. The standard InChI is InChI=1S/C18H26N2O5/c1-5-13-14(17(22)24-4)10(2)15(20-13)18(23)25-11(3)16(21)19-12-8-6-7-9-12/h11-12,20H,5-9H2,1-4H3,(H,19,21)/t11-/m0/s1. The SMILES string of the molecule is CCc1[nH]c(C(=O)O[C@@H](C)C(=O)NC2CCCC2)c(C)c1C(=O)OC. The van der Waals surface area contributed by atoms with Gasteiger partial charge in [-0.2, -0.15) is 0 Å². The topological polar surface area (TPSA) is 97.5 Å². The lowest BCUT2D eigenvalue weighted by Gasteiger charge is -2.17. The Kier molecular flexibility index (Phi) is 6.22. The molecule has 25 heavy (non-hydrogen) atoms. The van der Waals surface area contributed by atoms with Gasteiger partial charge in [-0.3, -0.25) is 4.79 Å². The van der Waals surface area contributed by atoms with Gasteiger partial charge in [0, 0.05) is 11.7 Å². The van der Waals surface area contributed by atoms with Crippen molar-refractivity contribution < 1.29 is 23.9 Å². The Hall–Kier alpha value is -2.31. The van der Waals surface area contributed by atoms with Gasteiger partial charge in [0.15, 0.2) is 6.10 Å². The van der Waals surface area contributed by atoms with Crippen molar-refractivity contribution in [1.29, 1.82) is 0 Å². The van der Waals surface area contributed by atoms with E-state index >= 15 is 0 Å². The lowest BCUT2D eigenvalue weighted by molar-refractivity contribution is -0.129. The van der Waals surface area contributed by atoms with Crippen LogP contribution in [-0.2, 0) is 20.7 Å². The van der Waals surface area contributed by atoms with Crippen LogP contribution in [0, 0.1) is 6.92 Å². The highest BCUT2D eigenvalue weighted by molar-refractivity contribution is 5.99. The van der Waals surface area contributed by atoms with Gasteiger partial charge >= 0.3 is 11.9 Å². The zero-order chi connectivity index (χ0) is 18.6. The molecule has 2 N–H and O–H groups in total. The van der Waals surface area contributed by atoms with Gasteiger partial charge in [-0.15, -0.1) is 0 Å². The summed E-state index contributed by atoms with van der Waals surface area (Å²) in [7, 11) is 1.29. The number of aromatic nitrogens is 1. The third-order valence-electron chi connectivity index (χ3n) is 4.63. The number of carbonyl (C=O) groups is 3.